The van der Waals surface area contributed by atoms with Crippen LogP contribution in [0, 0.1) is 6.92 Å². The first-order valence-electron chi connectivity index (χ1n) is 7.39. The molecule has 0 amide bonds. The number of likely N-dealkylation sites (N-methyl/N-ethyl adjacent to an activating group) is 1. The van der Waals surface area contributed by atoms with E-state index in [-0.39, 0.29) is 6.04 Å². The van der Waals surface area contributed by atoms with Crippen molar-refractivity contribution in [3.8, 4) is 0 Å². The molecule has 2 aromatic rings. The van der Waals surface area contributed by atoms with Gasteiger partial charge in [0.2, 0.25) is 0 Å². The lowest BCUT2D eigenvalue weighted by atomic mass is 10.1. The summed E-state index contributed by atoms with van der Waals surface area (Å²) in [6, 6.07) is 10.7. The molecule has 1 aromatic heterocycles. The van der Waals surface area contributed by atoms with Crippen molar-refractivity contribution in [3.05, 3.63) is 53.5 Å². The van der Waals surface area contributed by atoms with Gasteiger partial charge >= 0.3 is 0 Å². The number of hydrogen-bond acceptors (Lipinski definition) is 4. The lowest BCUT2D eigenvalue weighted by Gasteiger charge is -2.24. The molecule has 0 aliphatic carbocycles. The Morgan fingerprint density at radius 1 is 1.19 bits per heavy atom. The van der Waals surface area contributed by atoms with Gasteiger partial charge in [-0.3, -0.25) is 0 Å². The van der Waals surface area contributed by atoms with Crippen molar-refractivity contribution in [2.24, 2.45) is 0 Å². The molecular weight excluding hydrogens is 260 g/mol. The fourth-order valence-electron chi connectivity index (χ4n) is 2.33. The van der Waals surface area contributed by atoms with E-state index in [2.05, 4.69) is 65.5 Å². The molecule has 112 valence electrons. The van der Waals surface area contributed by atoms with Gasteiger partial charge in [-0.05, 0) is 33.0 Å². The second kappa shape index (κ2) is 7.18. The molecule has 0 spiro atoms. The Kier molecular flexibility index (Phi) is 5.28. The third-order valence-electron chi connectivity index (χ3n) is 3.43. The van der Waals surface area contributed by atoms with E-state index in [1.54, 1.807) is 0 Å². The highest BCUT2D eigenvalue weighted by atomic mass is 15.1. The van der Waals surface area contributed by atoms with Crippen LogP contribution >= 0.6 is 0 Å². The van der Waals surface area contributed by atoms with Crippen molar-refractivity contribution in [3.63, 3.8) is 0 Å². The van der Waals surface area contributed by atoms with E-state index in [1.807, 2.05) is 19.2 Å². The first-order valence-corrected chi connectivity index (χ1v) is 7.39. The summed E-state index contributed by atoms with van der Waals surface area (Å²) in [5, 5.41) is 3.59. The van der Waals surface area contributed by atoms with Crippen LogP contribution in [-0.4, -0.2) is 35.5 Å². The number of nitrogens with one attached hydrogen (secondary N) is 1. The number of anilines is 1. The number of aromatic nitrogens is 2. The van der Waals surface area contributed by atoms with Gasteiger partial charge in [0.25, 0.3) is 0 Å². The predicted octanol–water partition coefficient (Wildman–Crippen LogP) is 3.06. The Morgan fingerprint density at radius 3 is 2.52 bits per heavy atom. The monoisotopic (exact) mass is 284 g/mol. The van der Waals surface area contributed by atoms with Gasteiger partial charge in [-0.25, -0.2) is 9.97 Å². The number of nitrogens with zero attached hydrogens (tertiary/aromatic N) is 3. The minimum absolute atomic E-state index is 0.209. The molecule has 21 heavy (non-hydrogen) atoms. The van der Waals surface area contributed by atoms with Crippen molar-refractivity contribution in [1.29, 1.82) is 0 Å². The van der Waals surface area contributed by atoms with Gasteiger partial charge in [-0.1, -0.05) is 37.3 Å². The average Bonchev–Trinajstić information content (AvgIpc) is 2.47. The average molecular weight is 284 g/mol. The van der Waals surface area contributed by atoms with E-state index in [1.165, 1.54) is 5.56 Å². The summed E-state index contributed by atoms with van der Waals surface area (Å²) in [6.45, 7) is 4.97. The Balaban J connectivity index is 2.29. The number of rotatable bonds is 6. The van der Waals surface area contributed by atoms with Gasteiger partial charge in [0.15, 0.2) is 0 Å². The maximum absolute atomic E-state index is 4.58. The Bertz CT molecular complexity index is 566. The van der Waals surface area contributed by atoms with Crippen LogP contribution in [0.15, 0.2) is 36.5 Å². The molecule has 0 fully saturated rings. The van der Waals surface area contributed by atoms with E-state index in [0.717, 1.165) is 30.2 Å². The Hall–Kier alpha value is -1.94. The summed E-state index contributed by atoms with van der Waals surface area (Å²) in [4.78, 5) is 11.1. The molecular formula is C17H24N4. The summed E-state index contributed by atoms with van der Waals surface area (Å²) in [5.41, 5.74) is 2.42. The van der Waals surface area contributed by atoms with Crippen LogP contribution in [0.1, 0.15) is 29.9 Å². The summed E-state index contributed by atoms with van der Waals surface area (Å²) in [7, 11) is 4.17. The fourth-order valence-corrected chi connectivity index (χ4v) is 2.33. The van der Waals surface area contributed by atoms with Crippen LogP contribution < -0.4 is 5.32 Å². The van der Waals surface area contributed by atoms with Gasteiger partial charge in [0.1, 0.15) is 11.6 Å². The summed E-state index contributed by atoms with van der Waals surface area (Å²) < 4.78 is 0. The highest BCUT2D eigenvalue weighted by molar-refractivity contribution is 5.45. The van der Waals surface area contributed by atoms with E-state index < -0.39 is 0 Å². The number of hydrogen-bond donors (Lipinski definition) is 1. The van der Waals surface area contributed by atoms with E-state index in [0.29, 0.717) is 0 Å². The molecule has 4 nitrogen and oxygen atoms in total. The molecule has 0 saturated heterocycles. The highest BCUT2D eigenvalue weighted by Crippen LogP contribution is 2.21. The summed E-state index contributed by atoms with van der Waals surface area (Å²) >= 11 is 0. The third kappa shape index (κ3) is 4.26. The molecule has 2 rings (SSSR count). The molecule has 1 N–H and O–H groups in total. The topological polar surface area (TPSA) is 41.1 Å². The highest BCUT2D eigenvalue weighted by Gasteiger charge is 2.15. The quantitative estimate of drug-likeness (QED) is 0.885. The minimum atomic E-state index is 0.209. The molecule has 0 radical (unpaired) electrons. The van der Waals surface area contributed by atoms with Gasteiger partial charge in [0, 0.05) is 18.3 Å². The molecule has 1 heterocycles. The minimum Gasteiger partial charge on any atom is -0.362 e. The van der Waals surface area contributed by atoms with Crippen LogP contribution in [0.2, 0.25) is 0 Å². The molecule has 0 aliphatic heterocycles. The van der Waals surface area contributed by atoms with Gasteiger partial charge in [0.05, 0.1) is 6.04 Å². The predicted molar refractivity (Wildman–Crippen MR) is 87.5 cm³/mol. The Morgan fingerprint density at radius 2 is 1.90 bits per heavy atom. The molecule has 0 aliphatic rings. The summed E-state index contributed by atoms with van der Waals surface area (Å²) in [6.07, 6.45) is 2.84. The van der Waals surface area contributed by atoms with E-state index >= 15 is 0 Å². The van der Waals surface area contributed by atoms with Crippen LogP contribution in [0.5, 0.6) is 0 Å². The van der Waals surface area contributed by atoms with Crippen molar-refractivity contribution < 1.29 is 0 Å². The van der Waals surface area contributed by atoms with E-state index in [4.69, 9.17) is 0 Å². The van der Waals surface area contributed by atoms with E-state index in [9.17, 15) is 0 Å². The lowest BCUT2D eigenvalue weighted by Crippen LogP contribution is -2.26. The normalized spacial score (nSPS) is 12.4. The maximum atomic E-state index is 4.58. The zero-order chi connectivity index (χ0) is 15.2. The SMILES string of the molecule is CCc1cnc(C)nc1N[C@@H](CN(C)C)c1ccccc1. The largest absolute Gasteiger partial charge is 0.362 e. The van der Waals surface area contributed by atoms with Crippen LogP contribution in [0.25, 0.3) is 0 Å². The standard InChI is InChI=1S/C17H24N4/c1-5-14-11-18-13(2)19-17(14)20-16(12-21(3)4)15-9-7-6-8-10-15/h6-11,16H,5,12H2,1-4H3,(H,18,19,20)/t16-/m0/s1. The van der Waals surface area contributed by atoms with Crippen LogP contribution in [0.3, 0.4) is 0 Å². The van der Waals surface area contributed by atoms with Crippen LogP contribution in [0.4, 0.5) is 5.82 Å². The van der Waals surface area contributed by atoms with Crippen molar-refractivity contribution in [2.45, 2.75) is 26.3 Å². The molecule has 0 unspecified atom stereocenters. The number of benzene rings is 1. The zero-order valence-corrected chi connectivity index (χ0v) is 13.3. The smallest absolute Gasteiger partial charge is 0.133 e. The van der Waals surface area contributed by atoms with Gasteiger partial charge < -0.3 is 10.2 Å². The molecule has 4 heteroatoms. The second-order valence-electron chi connectivity index (χ2n) is 5.51. The summed E-state index contributed by atoms with van der Waals surface area (Å²) in [5.74, 6) is 1.74. The number of aryl methyl sites for hydroxylation is 2. The molecule has 0 saturated carbocycles. The molecule has 0 bridgehead atoms. The van der Waals surface area contributed by atoms with Gasteiger partial charge in [-0.2, -0.15) is 0 Å². The first kappa shape index (κ1) is 15.4. The van der Waals surface area contributed by atoms with Gasteiger partial charge in [-0.15, -0.1) is 0 Å². The molecule has 1 aromatic carbocycles. The molecule has 1 atom stereocenters. The first-order chi connectivity index (χ1) is 10.1. The van der Waals surface area contributed by atoms with Crippen molar-refractivity contribution in [2.75, 3.05) is 26.0 Å². The van der Waals surface area contributed by atoms with Crippen molar-refractivity contribution in [1.82, 2.24) is 14.9 Å². The second-order valence-corrected chi connectivity index (χ2v) is 5.51. The maximum Gasteiger partial charge on any atom is 0.133 e. The lowest BCUT2D eigenvalue weighted by molar-refractivity contribution is 0.386. The van der Waals surface area contributed by atoms with Crippen molar-refractivity contribution >= 4 is 5.82 Å². The third-order valence-corrected chi connectivity index (χ3v) is 3.43. The Labute approximate surface area is 127 Å². The zero-order valence-electron chi connectivity index (χ0n) is 13.3. The van der Waals surface area contributed by atoms with Crippen LogP contribution in [-0.2, 0) is 6.42 Å². The fraction of sp³-hybridized carbons (Fsp3) is 0.412.